The molecule has 0 N–H and O–H groups in total. The number of carbonyl (C=O) groups is 1. The molecule has 0 saturated carbocycles. The lowest BCUT2D eigenvalue weighted by Crippen LogP contribution is -2.30. The number of hydrogen-bond donors (Lipinski definition) is 0. The number of anilines is 1. The zero-order valence-electron chi connectivity index (χ0n) is 14.5. The quantitative estimate of drug-likeness (QED) is 0.687. The molecule has 5 nitrogen and oxygen atoms in total. The Morgan fingerprint density at radius 1 is 1.00 bits per heavy atom. The van der Waals surface area contributed by atoms with E-state index in [9.17, 15) is 9.59 Å². The number of para-hydroxylation sites is 1. The molecule has 0 aliphatic carbocycles. The number of hydrogen-bond acceptors (Lipinski definition) is 4. The van der Waals surface area contributed by atoms with E-state index < -0.39 is 5.63 Å². The fourth-order valence-corrected chi connectivity index (χ4v) is 2.66. The minimum atomic E-state index is -0.612. The minimum Gasteiger partial charge on any atom is -0.422 e. The van der Waals surface area contributed by atoms with E-state index >= 15 is 0 Å². The molecule has 25 heavy (non-hydrogen) atoms. The Kier molecular flexibility index (Phi) is 4.57. The summed E-state index contributed by atoms with van der Waals surface area (Å²) in [6.45, 7) is 0.415. The molecule has 0 unspecified atom stereocenters. The Balaban J connectivity index is 1.82. The molecule has 0 atom stereocenters. The predicted molar refractivity (Wildman–Crippen MR) is 99.1 cm³/mol. The van der Waals surface area contributed by atoms with E-state index in [2.05, 4.69) is 0 Å². The van der Waals surface area contributed by atoms with Crippen LogP contribution in [-0.2, 0) is 6.54 Å². The molecule has 1 amide bonds. The van der Waals surface area contributed by atoms with Crippen LogP contribution in [0.1, 0.15) is 15.9 Å². The zero-order valence-corrected chi connectivity index (χ0v) is 14.5. The number of rotatable bonds is 4. The number of amides is 1. The number of fused-ring (bicyclic) bond motifs is 1. The van der Waals surface area contributed by atoms with Gasteiger partial charge in [0.2, 0.25) is 0 Å². The number of carbonyl (C=O) groups excluding carboxylic acids is 1. The van der Waals surface area contributed by atoms with Crippen molar-refractivity contribution in [1.82, 2.24) is 4.90 Å². The highest BCUT2D eigenvalue weighted by atomic mass is 16.4. The van der Waals surface area contributed by atoms with Crippen LogP contribution < -0.4 is 10.5 Å². The predicted octanol–water partition coefficient (Wildman–Crippen LogP) is 3.13. The fraction of sp³-hybridized carbons (Fsp3) is 0.200. The van der Waals surface area contributed by atoms with E-state index in [1.807, 2.05) is 55.4 Å². The van der Waals surface area contributed by atoms with Gasteiger partial charge >= 0.3 is 5.63 Å². The van der Waals surface area contributed by atoms with Crippen molar-refractivity contribution in [2.24, 2.45) is 0 Å². The van der Waals surface area contributed by atoms with Gasteiger partial charge in [-0.1, -0.05) is 30.3 Å². The lowest BCUT2D eigenvalue weighted by atomic mass is 10.1. The Hall–Kier alpha value is -3.08. The third kappa shape index (κ3) is 3.55. The lowest BCUT2D eigenvalue weighted by molar-refractivity contribution is 0.0781. The second-order valence-corrected chi connectivity index (χ2v) is 6.21. The van der Waals surface area contributed by atoms with Crippen LogP contribution in [0.2, 0.25) is 0 Å². The van der Waals surface area contributed by atoms with Gasteiger partial charge in [0.1, 0.15) is 11.1 Å². The van der Waals surface area contributed by atoms with Gasteiger partial charge in [-0.3, -0.25) is 4.79 Å². The first kappa shape index (κ1) is 16.8. The maximum Gasteiger partial charge on any atom is 0.349 e. The van der Waals surface area contributed by atoms with E-state index in [-0.39, 0.29) is 11.5 Å². The van der Waals surface area contributed by atoms with Crippen LogP contribution in [0.5, 0.6) is 0 Å². The van der Waals surface area contributed by atoms with Gasteiger partial charge in [-0.05, 0) is 29.8 Å². The number of benzene rings is 2. The van der Waals surface area contributed by atoms with Crippen molar-refractivity contribution >= 4 is 22.6 Å². The van der Waals surface area contributed by atoms with Crippen LogP contribution >= 0.6 is 0 Å². The van der Waals surface area contributed by atoms with Crippen LogP contribution in [0.25, 0.3) is 11.0 Å². The van der Waals surface area contributed by atoms with Gasteiger partial charge in [0.25, 0.3) is 5.91 Å². The third-order valence-electron chi connectivity index (χ3n) is 4.09. The average Bonchev–Trinajstić information content (AvgIpc) is 2.61. The van der Waals surface area contributed by atoms with Crippen molar-refractivity contribution in [3.8, 4) is 0 Å². The molecule has 0 radical (unpaired) electrons. The van der Waals surface area contributed by atoms with Crippen molar-refractivity contribution in [2.75, 3.05) is 26.0 Å². The standard InChI is InChI=1S/C20H20N2O3/c1-21(2)16-10-8-14(9-11-16)13-22(3)19(23)17-12-15-6-4-5-7-18(15)25-20(17)24/h4-12H,13H2,1-3H3. The van der Waals surface area contributed by atoms with Crippen LogP contribution in [-0.4, -0.2) is 32.0 Å². The van der Waals surface area contributed by atoms with Gasteiger partial charge in [0, 0.05) is 38.8 Å². The first-order valence-electron chi connectivity index (χ1n) is 8.00. The SMILES string of the molecule is CN(Cc1ccc(N(C)C)cc1)C(=O)c1cc2ccccc2oc1=O. The topological polar surface area (TPSA) is 53.8 Å². The smallest absolute Gasteiger partial charge is 0.349 e. The second-order valence-electron chi connectivity index (χ2n) is 6.21. The van der Waals surface area contributed by atoms with Gasteiger partial charge in [-0.25, -0.2) is 4.79 Å². The summed E-state index contributed by atoms with van der Waals surface area (Å²) >= 11 is 0. The van der Waals surface area contributed by atoms with Crippen LogP contribution in [0.3, 0.4) is 0 Å². The zero-order chi connectivity index (χ0) is 18.0. The third-order valence-corrected chi connectivity index (χ3v) is 4.09. The molecule has 5 heteroatoms. The molecule has 3 rings (SSSR count). The van der Waals surface area contributed by atoms with E-state index in [1.165, 1.54) is 4.90 Å². The maximum absolute atomic E-state index is 12.6. The van der Waals surface area contributed by atoms with Crippen molar-refractivity contribution in [3.63, 3.8) is 0 Å². The Bertz CT molecular complexity index is 959. The molecule has 0 aliphatic heterocycles. The van der Waals surface area contributed by atoms with E-state index in [1.54, 1.807) is 25.2 Å². The molecule has 0 saturated heterocycles. The van der Waals surface area contributed by atoms with E-state index in [4.69, 9.17) is 4.42 Å². The Morgan fingerprint density at radius 3 is 2.36 bits per heavy atom. The molecule has 1 aromatic heterocycles. The van der Waals surface area contributed by atoms with Crippen molar-refractivity contribution in [3.05, 3.63) is 76.1 Å². The van der Waals surface area contributed by atoms with Gasteiger partial charge in [0.15, 0.2) is 0 Å². The van der Waals surface area contributed by atoms with E-state index in [0.29, 0.717) is 12.1 Å². The largest absolute Gasteiger partial charge is 0.422 e. The molecule has 128 valence electrons. The second kappa shape index (κ2) is 6.81. The highest BCUT2D eigenvalue weighted by Gasteiger charge is 2.18. The van der Waals surface area contributed by atoms with Crippen molar-refractivity contribution < 1.29 is 9.21 Å². The van der Waals surface area contributed by atoms with Crippen LogP contribution in [0, 0.1) is 0 Å². The summed E-state index contributed by atoms with van der Waals surface area (Å²) in [4.78, 5) is 28.3. The Labute approximate surface area is 146 Å². The summed E-state index contributed by atoms with van der Waals surface area (Å²) in [5, 5.41) is 0.731. The van der Waals surface area contributed by atoms with Crippen molar-refractivity contribution in [2.45, 2.75) is 6.54 Å². The minimum absolute atomic E-state index is 0.0473. The molecule has 2 aromatic carbocycles. The van der Waals surface area contributed by atoms with Gasteiger partial charge in [0.05, 0.1) is 0 Å². The molecule has 3 aromatic rings. The Morgan fingerprint density at radius 2 is 1.68 bits per heavy atom. The summed E-state index contributed by atoms with van der Waals surface area (Å²) in [5.74, 6) is -0.351. The molecule has 0 aliphatic rings. The number of nitrogens with zero attached hydrogens (tertiary/aromatic N) is 2. The molecular formula is C20H20N2O3. The van der Waals surface area contributed by atoms with Crippen molar-refractivity contribution in [1.29, 1.82) is 0 Å². The first-order chi connectivity index (χ1) is 12.0. The fourth-order valence-electron chi connectivity index (χ4n) is 2.66. The maximum atomic E-state index is 12.6. The van der Waals surface area contributed by atoms with Gasteiger partial charge < -0.3 is 14.2 Å². The monoisotopic (exact) mass is 336 g/mol. The van der Waals surface area contributed by atoms with Crippen LogP contribution in [0.4, 0.5) is 5.69 Å². The molecule has 1 heterocycles. The molecular weight excluding hydrogens is 316 g/mol. The summed E-state index contributed by atoms with van der Waals surface area (Å²) in [5.41, 5.74) is 2.00. The lowest BCUT2D eigenvalue weighted by Gasteiger charge is -2.18. The van der Waals surface area contributed by atoms with Crippen LogP contribution in [0.15, 0.2) is 63.8 Å². The molecule has 0 spiro atoms. The first-order valence-corrected chi connectivity index (χ1v) is 8.00. The molecule has 0 fully saturated rings. The van der Waals surface area contributed by atoms with Gasteiger partial charge in [-0.15, -0.1) is 0 Å². The molecule has 0 bridgehead atoms. The normalized spacial score (nSPS) is 10.7. The summed E-state index contributed by atoms with van der Waals surface area (Å²) in [6.07, 6.45) is 0. The summed E-state index contributed by atoms with van der Waals surface area (Å²) in [6, 6.07) is 16.7. The highest BCUT2D eigenvalue weighted by molar-refractivity contribution is 5.96. The van der Waals surface area contributed by atoms with Gasteiger partial charge in [-0.2, -0.15) is 0 Å². The highest BCUT2D eigenvalue weighted by Crippen LogP contribution is 2.16. The average molecular weight is 336 g/mol. The summed E-state index contributed by atoms with van der Waals surface area (Å²) < 4.78 is 5.25. The van der Waals surface area contributed by atoms with E-state index in [0.717, 1.165) is 16.6 Å². The summed E-state index contributed by atoms with van der Waals surface area (Å²) in [7, 11) is 5.63.